The third kappa shape index (κ3) is 4.43. The molecule has 0 aliphatic carbocycles. The molecule has 144 valence electrons. The minimum absolute atomic E-state index is 0.00246. The average molecular weight is 380 g/mol. The Balaban J connectivity index is 1.85. The summed E-state index contributed by atoms with van der Waals surface area (Å²) >= 11 is 0. The second-order valence-electron chi connectivity index (χ2n) is 6.87. The van der Waals surface area contributed by atoms with Crippen LogP contribution >= 0.6 is 0 Å². The predicted octanol–water partition coefficient (Wildman–Crippen LogP) is 4.28. The smallest absolute Gasteiger partial charge is 0.363 e. The van der Waals surface area contributed by atoms with Gasteiger partial charge < -0.3 is 9.47 Å². The average Bonchev–Trinajstić information content (AvgIpc) is 3.00. The van der Waals surface area contributed by atoms with E-state index in [4.69, 9.17) is 9.47 Å². The number of nitro benzene ring substituents is 1. The fraction of sp³-hybridized carbons (Fsp3) is 0.238. The molecule has 2 aromatic rings. The molecule has 0 N–H and O–H groups in total. The van der Waals surface area contributed by atoms with Gasteiger partial charge in [-0.25, -0.2) is 9.79 Å². The van der Waals surface area contributed by atoms with E-state index in [2.05, 4.69) is 18.8 Å². The molecule has 0 fully saturated rings. The van der Waals surface area contributed by atoms with E-state index in [9.17, 15) is 14.9 Å². The van der Waals surface area contributed by atoms with Crippen LogP contribution in [0.3, 0.4) is 0 Å². The van der Waals surface area contributed by atoms with Gasteiger partial charge in [0.2, 0.25) is 5.90 Å². The van der Waals surface area contributed by atoms with Gasteiger partial charge in [-0.15, -0.1) is 0 Å². The molecule has 0 atom stereocenters. The lowest BCUT2D eigenvalue weighted by molar-refractivity contribution is -0.385. The molecule has 7 heteroatoms. The van der Waals surface area contributed by atoms with E-state index >= 15 is 0 Å². The van der Waals surface area contributed by atoms with Gasteiger partial charge in [0.05, 0.1) is 11.5 Å². The maximum atomic E-state index is 12.2. The minimum atomic E-state index is -0.570. The Hall–Kier alpha value is -3.48. The molecule has 0 unspecified atom stereocenters. The standard InChI is InChI=1S/C21H20N2O5/c1-13(2)12-27-17-6-4-5-15(10-17)11-18-21(24)28-20(22-18)16-7-8-19(23(25)26)14(3)9-16/h4-11,13H,12H2,1-3H3/b18-11-. The third-order valence-corrected chi connectivity index (χ3v) is 4.01. The maximum Gasteiger partial charge on any atom is 0.363 e. The predicted molar refractivity (Wildman–Crippen MR) is 105 cm³/mol. The molecule has 0 radical (unpaired) electrons. The fourth-order valence-corrected chi connectivity index (χ4v) is 2.64. The number of hydrogen-bond acceptors (Lipinski definition) is 6. The lowest BCUT2D eigenvalue weighted by atomic mass is 10.1. The van der Waals surface area contributed by atoms with E-state index in [1.807, 2.05) is 24.3 Å². The second kappa shape index (κ2) is 8.04. The van der Waals surface area contributed by atoms with Crippen LogP contribution in [0.25, 0.3) is 6.08 Å². The summed E-state index contributed by atoms with van der Waals surface area (Å²) in [5.74, 6) is 0.676. The van der Waals surface area contributed by atoms with E-state index in [0.717, 1.165) is 5.56 Å². The number of aliphatic imine (C=N–C) groups is 1. The van der Waals surface area contributed by atoms with Crippen molar-refractivity contribution >= 4 is 23.6 Å². The number of benzene rings is 2. The number of carbonyl (C=O) groups is 1. The summed E-state index contributed by atoms with van der Waals surface area (Å²) in [6.45, 7) is 6.36. The highest BCUT2D eigenvalue weighted by Gasteiger charge is 2.25. The summed E-state index contributed by atoms with van der Waals surface area (Å²) in [5.41, 5.74) is 1.90. The molecular weight excluding hydrogens is 360 g/mol. The maximum absolute atomic E-state index is 12.2. The normalized spacial score (nSPS) is 14.9. The van der Waals surface area contributed by atoms with Gasteiger partial charge in [-0.1, -0.05) is 26.0 Å². The van der Waals surface area contributed by atoms with Crippen molar-refractivity contribution in [1.29, 1.82) is 0 Å². The minimum Gasteiger partial charge on any atom is -0.493 e. The Labute approximate surface area is 162 Å². The Kier molecular flexibility index (Phi) is 5.54. The van der Waals surface area contributed by atoms with E-state index < -0.39 is 10.9 Å². The Bertz CT molecular complexity index is 992. The van der Waals surface area contributed by atoms with Crippen molar-refractivity contribution in [2.24, 2.45) is 10.9 Å². The quantitative estimate of drug-likeness (QED) is 0.323. The van der Waals surface area contributed by atoms with Crippen LogP contribution < -0.4 is 4.74 Å². The van der Waals surface area contributed by atoms with Gasteiger partial charge >= 0.3 is 5.97 Å². The van der Waals surface area contributed by atoms with Crippen molar-refractivity contribution in [3.63, 3.8) is 0 Å². The Morgan fingerprint density at radius 1 is 1.25 bits per heavy atom. The van der Waals surface area contributed by atoms with Gasteiger partial charge in [-0.05, 0) is 48.7 Å². The lowest BCUT2D eigenvalue weighted by Gasteiger charge is -2.08. The number of nitrogens with zero attached hydrogens (tertiary/aromatic N) is 2. The van der Waals surface area contributed by atoms with Gasteiger partial charge in [0, 0.05) is 17.2 Å². The first kappa shape index (κ1) is 19.3. The number of aryl methyl sites for hydroxylation is 1. The number of carbonyl (C=O) groups excluding carboxylic acids is 1. The Morgan fingerprint density at radius 2 is 2.04 bits per heavy atom. The molecule has 0 amide bonds. The number of ether oxygens (including phenoxy) is 2. The highest BCUT2D eigenvalue weighted by Crippen LogP contribution is 2.24. The molecule has 0 aromatic heterocycles. The number of nitro groups is 1. The summed E-state index contributed by atoms with van der Waals surface area (Å²) in [6, 6.07) is 11.8. The molecule has 7 nitrogen and oxygen atoms in total. The topological polar surface area (TPSA) is 91.0 Å². The van der Waals surface area contributed by atoms with Crippen LogP contribution in [0.15, 0.2) is 53.2 Å². The van der Waals surface area contributed by atoms with Gasteiger partial charge in [-0.2, -0.15) is 0 Å². The van der Waals surface area contributed by atoms with Gasteiger partial charge in [-0.3, -0.25) is 10.1 Å². The molecule has 1 heterocycles. The van der Waals surface area contributed by atoms with E-state index in [1.54, 1.807) is 19.1 Å². The van der Waals surface area contributed by atoms with E-state index in [-0.39, 0.29) is 17.3 Å². The molecule has 2 aromatic carbocycles. The summed E-state index contributed by atoms with van der Waals surface area (Å²) in [5, 5.41) is 10.9. The highest BCUT2D eigenvalue weighted by molar-refractivity contribution is 6.13. The van der Waals surface area contributed by atoms with Crippen molar-refractivity contribution in [3.8, 4) is 5.75 Å². The molecule has 0 bridgehead atoms. The SMILES string of the molecule is Cc1cc(C2=N/C(=C\c3cccc(OCC(C)C)c3)C(=O)O2)ccc1[N+](=O)[O-]. The van der Waals surface area contributed by atoms with Crippen LogP contribution in [0.1, 0.15) is 30.5 Å². The van der Waals surface area contributed by atoms with Gasteiger partial charge in [0.1, 0.15) is 5.75 Å². The first-order valence-electron chi connectivity index (χ1n) is 8.84. The van der Waals surface area contributed by atoms with Gasteiger partial charge in [0.15, 0.2) is 5.70 Å². The van der Waals surface area contributed by atoms with Crippen molar-refractivity contribution in [2.75, 3.05) is 6.61 Å². The van der Waals surface area contributed by atoms with Crippen molar-refractivity contribution in [1.82, 2.24) is 0 Å². The van der Waals surface area contributed by atoms with E-state index in [1.165, 1.54) is 12.1 Å². The molecule has 1 aliphatic rings. The monoisotopic (exact) mass is 380 g/mol. The first-order valence-corrected chi connectivity index (χ1v) is 8.84. The van der Waals surface area contributed by atoms with Crippen molar-refractivity contribution in [2.45, 2.75) is 20.8 Å². The largest absolute Gasteiger partial charge is 0.493 e. The molecule has 0 spiro atoms. The highest BCUT2D eigenvalue weighted by atomic mass is 16.6. The van der Waals surface area contributed by atoms with Gasteiger partial charge in [0.25, 0.3) is 5.69 Å². The van der Waals surface area contributed by atoms with Crippen molar-refractivity contribution < 1.29 is 19.2 Å². The first-order chi connectivity index (χ1) is 13.3. The fourth-order valence-electron chi connectivity index (χ4n) is 2.64. The molecule has 0 saturated carbocycles. The van der Waals surface area contributed by atoms with Crippen molar-refractivity contribution in [3.05, 3.63) is 75.0 Å². The van der Waals surface area contributed by atoms with Crippen LogP contribution in [0.4, 0.5) is 5.69 Å². The second-order valence-corrected chi connectivity index (χ2v) is 6.87. The molecule has 3 rings (SSSR count). The zero-order valence-electron chi connectivity index (χ0n) is 15.8. The van der Waals surface area contributed by atoms with Crippen LogP contribution in [-0.2, 0) is 9.53 Å². The summed E-state index contributed by atoms with van der Waals surface area (Å²) in [4.78, 5) is 26.9. The Morgan fingerprint density at radius 3 is 2.71 bits per heavy atom. The third-order valence-electron chi connectivity index (χ3n) is 4.01. The molecule has 1 aliphatic heterocycles. The number of esters is 1. The van der Waals surface area contributed by atoms with Crippen LogP contribution in [-0.4, -0.2) is 23.4 Å². The van der Waals surface area contributed by atoms with Crippen LogP contribution in [0, 0.1) is 23.0 Å². The van der Waals surface area contributed by atoms with E-state index in [0.29, 0.717) is 29.4 Å². The summed E-state index contributed by atoms with van der Waals surface area (Å²) in [6.07, 6.45) is 1.62. The van der Waals surface area contributed by atoms with Crippen LogP contribution in [0.5, 0.6) is 5.75 Å². The summed E-state index contributed by atoms with van der Waals surface area (Å²) < 4.78 is 10.9. The zero-order valence-corrected chi connectivity index (χ0v) is 15.8. The summed E-state index contributed by atoms with van der Waals surface area (Å²) in [7, 11) is 0. The molecule has 28 heavy (non-hydrogen) atoms. The molecular formula is C21H20N2O5. The number of cyclic esters (lactones) is 1. The number of hydrogen-bond donors (Lipinski definition) is 0. The van der Waals surface area contributed by atoms with Crippen LogP contribution in [0.2, 0.25) is 0 Å². The lowest BCUT2D eigenvalue weighted by Crippen LogP contribution is -2.06. The number of rotatable bonds is 6. The zero-order chi connectivity index (χ0) is 20.3. The molecule has 0 saturated heterocycles.